The number of ether oxygens (including phenoxy) is 2. The molecule has 0 aliphatic carbocycles. The number of halogens is 1. The molecule has 0 radical (unpaired) electrons. The summed E-state index contributed by atoms with van der Waals surface area (Å²) in [5, 5.41) is 2.54. The third-order valence-electron chi connectivity index (χ3n) is 4.39. The first-order valence-electron chi connectivity index (χ1n) is 8.98. The van der Waals surface area contributed by atoms with E-state index in [4.69, 9.17) is 21.1 Å². The maximum Gasteiger partial charge on any atom is 0.310 e. The lowest BCUT2D eigenvalue weighted by molar-refractivity contribution is -0.149. The van der Waals surface area contributed by atoms with Gasteiger partial charge in [0.05, 0.1) is 17.4 Å². The number of hydrogen-bond acceptors (Lipinski definition) is 5. The molecule has 1 aromatic heterocycles. The zero-order valence-corrected chi connectivity index (χ0v) is 16.7. The Morgan fingerprint density at radius 1 is 1.33 bits per heavy atom. The Bertz CT molecular complexity index is 807. The van der Waals surface area contributed by atoms with E-state index in [-0.39, 0.29) is 17.8 Å². The normalized spacial score (nSPS) is 16.8. The van der Waals surface area contributed by atoms with E-state index in [0.29, 0.717) is 42.0 Å². The number of carbonyl (C=O) groups is 2. The average Bonchev–Trinajstić information content (AvgIpc) is 3.15. The van der Waals surface area contributed by atoms with Crippen molar-refractivity contribution in [2.75, 3.05) is 19.7 Å². The number of hydrogen-bond donors (Lipinski definition) is 0. The topological polar surface area (TPSA) is 55.8 Å². The molecule has 1 aromatic carbocycles. The van der Waals surface area contributed by atoms with Crippen molar-refractivity contribution in [2.24, 2.45) is 5.92 Å². The molecule has 144 valence electrons. The van der Waals surface area contributed by atoms with Gasteiger partial charge in [0.25, 0.3) is 5.91 Å². The molecule has 5 nitrogen and oxygen atoms in total. The molecular formula is C20H22ClNO4S. The van der Waals surface area contributed by atoms with E-state index in [9.17, 15) is 9.59 Å². The molecule has 0 saturated carbocycles. The van der Waals surface area contributed by atoms with Gasteiger partial charge in [0, 0.05) is 23.7 Å². The maximum atomic E-state index is 12.8. The molecule has 1 saturated heterocycles. The molecule has 1 unspecified atom stereocenters. The van der Waals surface area contributed by atoms with E-state index in [0.717, 1.165) is 18.4 Å². The predicted octanol–water partition coefficient (Wildman–Crippen LogP) is 4.40. The van der Waals surface area contributed by atoms with E-state index in [1.165, 1.54) is 11.3 Å². The lowest BCUT2D eigenvalue weighted by atomic mass is 9.98. The van der Waals surface area contributed by atoms with E-state index in [1.807, 2.05) is 23.6 Å². The van der Waals surface area contributed by atoms with Crippen molar-refractivity contribution < 1.29 is 19.1 Å². The highest BCUT2D eigenvalue weighted by Crippen LogP contribution is 2.24. The van der Waals surface area contributed by atoms with Crippen LogP contribution in [0.15, 0.2) is 35.7 Å². The first-order valence-corrected chi connectivity index (χ1v) is 10.2. The highest BCUT2D eigenvalue weighted by Gasteiger charge is 2.30. The summed E-state index contributed by atoms with van der Waals surface area (Å²) in [5.74, 6) is 0.211. The maximum absolute atomic E-state index is 12.8. The number of esters is 1. The van der Waals surface area contributed by atoms with Crippen molar-refractivity contribution in [3.63, 3.8) is 0 Å². The van der Waals surface area contributed by atoms with Crippen molar-refractivity contribution >= 4 is 34.8 Å². The standard InChI is InChI=1S/C20H22ClNO4S/c1-2-25-20(24)15-5-4-8-22(11-15)19(23)18-9-14(13-27-18)12-26-17-7-3-6-16(21)10-17/h3,6-7,9-10,13,15H,2,4-5,8,11-12H2,1H3. The Kier molecular flexibility index (Phi) is 6.74. The Hall–Kier alpha value is -2.05. The van der Waals surface area contributed by atoms with Crippen LogP contribution in [0.3, 0.4) is 0 Å². The van der Waals surface area contributed by atoms with Crippen LogP contribution < -0.4 is 4.74 Å². The van der Waals surface area contributed by atoms with Crippen molar-refractivity contribution in [2.45, 2.75) is 26.4 Å². The fraction of sp³-hybridized carbons (Fsp3) is 0.400. The van der Waals surface area contributed by atoms with Crippen LogP contribution in [0.4, 0.5) is 0 Å². The fourth-order valence-corrected chi connectivity index (χ4v) is 4.10. The third kappa shape index (κ3) is 5.23. The predicted molar refractivity (Wildman–Crippen MR) is 105 cm³/mol. The zero-order valence-electron chi connectivity index (χ0n) is 15.2. The molecule has 3 rings (SSSR count). The summed E-state index contributed by atoms with van der Waals surface area (Å²) in [6, 6.07) is 9.07. The van der Waals surface area contributed by atoms with E-state index in [2.05, 4.69) is 0 Å². The van der Waals surface area contributed by atoms with Crippen LogP contribution in [0.2, 0.25) is 5.02 Å². The zero-order chi connectivity index (χ0) is 19.2. The lowest BCUT2D eigenvalue weighted by Gasteiger charge is -2.31. The molecule has 1 fully saturated rings. The lowest BCUT2D eigenvalue weighted by Crippen LogP contribution is -2.42. The molecule has 0 N–H and O–H groups in total. The van der Waals surface area contributed by atoms with Crippen molar-refractivity contribution in [3.05, 3.63) is 51.2 Å². The molecule has 1 aliphatic rings. The molecule has 2 heterocycles. The van der Waals surface area contributed by atoms with Gasteiger partial charge in [0.1, 0.15) is 12.4 Å². The number of benzene rings is 1. The minimum Gasteiger partial charge on any atom is -0.489 e. The Balaban J connectivity index is 1.58. The fourth-order valence-electron chi connectivity index (χ4n) is 3.06. The van der Waals surface area contributed by atoms with Crippen molar-refractivity contribution in [3.8, 4) is 5.75 Å². The molecule has 2 aromatic rings. The summed E-state index contributed by atoms with van der Waals surface area (Å²) in [5.41, 5.74) is 0.933. The van der Waals surface area contributed by atoms with Crippen LogP contribution >= 0.6 is 22.9 Å². The van der Waals surface area contributed by atoms with Crippen LogP contribution in [0.1, 0.15) is 35.0 Å². The Morgan fingerprint density at radius 3 is 2.96 bits per heavy atom. The minimum absolute atomic E-state index is 0.0389. The van der Waals surface area contributed by atoms with Gasteiger partial charge in [-0.15, -0.1) is 11.3 Å². The number of nitrogens with zero attached hydrogens (tertiary/aromatic N) is 1. The number of carbonyl (C=O) groups excluding carboxylic acids is 2. The summed E-state index contributed by atoms with van der Waals surface area (Å²) in [4.78, 5) is 27.2. The molecule has 0 spiro atoms. The number of amides is 1. The molecule has 1 atom stereocenters. The minimum atomic E-state index is -0.228. The largest absolute Gasteiger partial charge is 0.489 e. The second kappa shape index (κ2) is 9.24. The van der Waals surface area contributed by atoms with E-state index < -0.39 is 0 Å². The first-order chi connectivity index (χ1) is 13.1. The van der Waals surface area contributed by atoms with Crippen LogP contribution in [-0.2, 0) is 16.1 Å². The quantitative estimate of drug-likeness (QED) is 0.666. The van der Waals surface area contributed by atoms with Gasteiger partial charge in [-0.05, 0) is 49.4 Å². The highest BCUT2D eigenvalue weighted by molar-refractivity contribution is 7.12. The van der Waals surface area contributed by atoms with Gasteiger partial charge in [-0.2, -0.15) is 0 Å². The van der Waals surface area contributed by atoms with Crippen LogP contribution in [-0.4, -0.2) is 36.5 Å². The van der Waals surface area contributed by atoms with Gasteiger partial charge < -0.3 is 14.4 Å². The summed E-state index contributed by atoms with van der Waals surface area (Å²) in [6.07, 6.45) is 1.58. The van der Waals surface area contributed by atoms with Crippen LogP contribution in [0, 0.1) is 5.92 Å². The first kappa shape index (κ1) is 19.7. The van der Waals surface area contributed by atoms with E-state index >= 15 is 0 Å². The highest BCUT2D eigenvalue weighted by atomic mass is 35.5. The van der Waals surface area contributed by atoms with E-state index in [1.54, 1.807) is 24.0 Å². The third-order valence-corrected chi connectivity index (χ3v) is 5.60. The SMILES string of the molecule is CCOC(=O)C1CCCN(C(=O)c2cc(COc3cccc(Cl)c3)cs2)C1. The number of likely N-dealkylation sites (tertiary alicyclic amines) is 1. The van der Waals surface area contributed by atoms with Gasteiger partial charge >= 0.3 is 5.97 Å². The van der Waals surface area contributed by atoms with Gasteiger partial charge in [-0.3, -0.25) is 9.59 Å². The smallest absolute Gasteiger partial charge is 0.310 e. The number of rotatable bonds is 6. The summed E-state index contributed by atoms with van der Waals surface area (Å²) in [7, 11) is 0. The molecule has 1 aliphatic heterocycles. The second-order valence-electron chi connectivity index (χ2n) is 6.41. The van der Waals surface area contributed by atoms with Gasteiger partial charge in [-0.25, -0.2) is 0 Å². The average molecular weight is 408 g/mol. The molecule has 7 heteroatoms. The van der Waals surface area contributed by atoms with Gasteiger partial charge in [-0.1, -0.05) is 17.7 Å². The second-order valence-corrected chi connectivity index (χ2v) is 7.76. The molecular weight excluding hydrogens is 386 g/mol. The Morgan fingerprint density at radius 2 is 2.19 bits per heavy atom. The molecule has 0 bridgehead atoms. The monoisotopic (exact) mass is 407 g/mol. The summed E-state index contributed by atoms with van der Waals surface area (Å²) in [6.45, 7) is 3.62. The van der Waals surface area contributed by atoms with Gasteiger partial charge in [0.15, 0.2) is 0 Å². The number of piperidine rings is 1. The van der Waals surface area contributed by atoms with Gasteiger partial charge in [0.2, 0.25) is 0 Å². The van der Waals surface area contributed by atoms with Crippen LogP contribution in [0.5, 0.6) is 5.75 Å². The summed E-state index contributed by atoms with van der Waals surface area (Å²) < 4.78 is 10.8. The van der Waals surface area contributed by atoms with Crippen LogP contribution in [0.25, 0.3) is 0 Å². The summed E-state index contributed by atoms with van der Waals surface area (Å²) >= 11 is 7.35. The van der Waals surface area contributed by atoms with Crippen molar-refractivity contribution in [1.82, 2.24) is 4.90 Å². The number of thiophene rings is 1. The van der Waals surface area contributed by atoms with Crippen molar-refractivity contribution in [1.29, 1.82) is 0 Å². The molecule has 1 amide bonds. The molecule has 27 heavy (non-hydrogen) atoms. The Labute approximate surface area is 167 Å².